The number of carbonyl (C=O) groups is 3. The number of nitrogens with one attached hydrogen (secondary N) is 1. The Morgan fingerprint density at radius 3 is 2.69 bits per heavy atom. The first-order chi connectivity index (χ1) is 17.5. The highest BCUT2D eigenvalue weighted by Crippen LogP contribution is 2.58. The third-order valence-electron chi connectivity index (χ3n) is 7.93. The average Bonchev–Trinajstić information content (AvgIpc) is 3.51. The molecule has 36 heavy (non-hydrogen) atoms. The molecule has 2 amide bonds. The number of amides is 2. The molecule has 0 saturated carbocycles. The number of benzene rings is 2. The number of unbranched alkanes of at least 4 members (excludes halogenated alkanes) is 3. The van der Waals surface area contributed by atoms with Gasteiger partial charge in [-0.3, -0.25) is 14.4 Å². The van der Waals surface area contributed by atoms with Gasteiger partial charge < -0.3 is 24.8 Å². The van der Waals surface area contributed by atoms with Crippen molar-refractivity contribution in [1.29, 1.82) is 0 Å². The Bertz CT molecular complexity index is 1150. The zero-order valence-electron chi connectivity index (χ0n) is 20.7. The lowest BCUT2D eigenvalue weighted by atomic mass is 9.71. The lowest BCUT2D eigenvalue weighted by Gasteiger charge is -2.33. The highest BCUT2D eigenvalue weighted by molar-refractivity contribution is 6.04. The van der Waals surface area contributed by atoms with E-state index in [9.17, 15) is 14.4 Å². The monoisotopic (exact) mass is 494 g/mol. The summed E-state index contributed by atoms with van der Waals surface area (Å²) in [6.45, 7) is 2.52. The summed E-state index contributed by atoms with van der Waals surface area (Å²) in [7, 11) is 0. The highest BCUT2D eigenvalue weighted by atomic mass is 16.6. The van der Waals surface area contributed by atoms with Gasteiger partial charge in [-0.05, 0) is 55.5 Å². The van der Waals surface area contributed by atoms with E-state index in [2.05, 4.69) is 5.32 Å². The van der Waals surface area contributed by atoms with E-state index in [0.717, 1.165) is 23.6 Å². The summed E-state index contributed by atoms with van der Waals surface area (Å²) in [5.41, 5.74) is -0.367. The molecule has 2 aromatic carbocycles. The van der Waals surface area contributed by atoms with Crippen molar-refractivity contribution in [3.63, 3.8) is 0 Å². The molecule has 2 aromatic rings. The van der Waals surface area contributed by atoms with E-state index >= 15 is 0 Å². The molecular formula is C28H34N2O6. The van der Waals surface area contributed by atoms with Crippen LogP contribution in [0.3, 0.4) is 0 Å². The van der Waals surface area contributed by atoms with Crippen molar-refractivity contribution >= 4 is 34.2 Å². The fraction of sp³-hybridized carbons (Fsp3) is 0.536. The molecule has 3 heterocycles. The Morgan fingerprint density at radius 2 is 1.92 bits per heavy atom. The zero-order valence-corrected chi connectivity index (χ0v) is 20.7. The number of ether oxygens (including phenoxy) is 2. The second-order valence-electron chi connectivity index (χ2n) is 10.0. The third kappa shape index (κ3) is 4.16. The van der Waals surface area contributed by atoms with Gasteiger partial charge >= 0.3 is 5.97 Å². The van der Waals surface area contributed by atoms with Crippen molar-refractivity contribution < 1.29 is 29.0 Å². The minimum absolute atomic E-state index is 0.140. The number of aliphatic hydroxyl groups is 1. The van der Waals surface area contributed by atoms with Crippen LogP contribution < -0.4 is 5.32 Å². The molecule has 1 spiro atoms. The van der Waals surface area contributed by atoms with Gasteiger partial charge in [0.15, 0.2) is 0 Å². The average molecular weight is 495 g/mol. The van der Waals surface area contributed by atoms with Crippen LogP contribution in [0, 0.1) is 11.8 Å². The number of anilines is 1. The largest absolute Gasteiger partial charge is 0.466 e. The molecule has 3 fully saturated rings. The van der Waals surface area contributed by atoms with Crippen molar-refractivity contribution in [1.82, 2.24) is 4.90 Å². The maximum atomic E-state index is 13.8. The van der Waals surface area contributed by atoms with Crippen molar-refractivity contribution in [2.45, 2.75) is 63.2 Å². The van der Waals surface area contributed by atoms with Crippen LogP contribution in [0.5, 0.6) is 0 Å². The molecule has 2 bridgehead atoms. The summed E-state index contributed by atoms with van der Waals surface area (Å²) in [5, 5.41) is 14.2. The van der Waals surface area contributed by atoms with Crippen LogP contribution in [0.15, 0.2) is 42.5 Å². The fourth-order valence-electron chi connectivity index (χ4n) is 6.43. The van der Waals surface area contributed by atoms with Crippen LogP contribution in [-0.4, -0.2) is 65.3 Å². The summed E-state index contributed by atoms with van der Waals surface area (Å²) in [4.78, 5) is 42.1. The predicted molar refractivity (Wildman–Crippen MR) is 134 cm³/mol. The number of fused-ring (bicyclic) bond motifs is 2. The smallest absolute Gasteiger partial charge is 0.312 e. The molecule has 0 aliphatic carbocycles. The van der Waals surface area contributed by atoms with Crippen molar-refractivity contribution in [3.05, 3.63) is 42.5 Å². The van der Waals surface area contributed by atoms with Crippen LogP contribution in [0.1, 0.15) is 45.4 Å². The van der Waals surface area contributed by atoms with Gasteiger partial charge in [0.05, 0.1) is 24.5 Å². The number of carbonyl (C=O) groups excluding carboxylic acids is 3. The SMILES string of the molecule is CCOC(=O)[C@@H]1[C@@H]2CC[C@]3(O2)[C@H](C(=O)Nc2ccc4ccccc4c2)N(CCCCCCO)C(=O)[C@@H]13. The minimum Gasteiger partial charge on any atom is -0.466 e. The quantitative estimate of drug-likeness (QED) is 0.388. The molecular weight excluding hydrogens is 460 g/mol. The first-order valence-corrected chi connectivity index (χ1v) is 13.1. The third-order valence-corrected chi connectivity index (χ3v) is 7.93. The minimum atomic E-state index is -1.02. The lowest BCUT2D eigenvalue weighted by Crippen LogP contribution is -2.53. The second-order valence-corrected chi connectivity index (χ2v) is 10.0. The van der Waals surface area contributed by atoms with Crippen molar-refractivity contribution in [2.75, 3.05) is 25.1 Å². The summed E-state index contributed by atoms with van der Waals surface area (Å²) in [6, 6.07) is 12.8. The molecule has 8 nitrogen and oxygen atoms in total. The molecule has 8 heteroatoms. The molecule has 3 saturated heterocycles. The number of esters is 1. The van der Waals surface area contributed by atoms with E-state index in [1.54, 1.807) is 11.8 Å². The number of hydrogen-bond donors (Lipinski definition) is 2. The van der Waals surface area contributed by atoms with E-state index in [-0.39, 0.29) is 25.0 Å². The van der Waals surface area contributed by atoms with Crippen LogP contribution >= 0.6 is 0 Å². The summed E-state index contributed by atoms with van der Waals surface area (Å²) >= 11 is 0. The molecule has 0 aromatic heterocycles. The van der Waals surface area contributed by atoms with Gasteiger partial charge in [-0.15, -0.1) is 0 Å². The fourth-order valence-corrected chi connectivity index (χ4v) is 6.43. The number of rotatable bonds is 10. The molecule has 3 aliphatic heterocycles. The van der Waals surface area contributed by atoms with E-state index in [4.69, 9.17) is 14.6 Å². The van der Waals surface area contributed by atoms with Crippen molar-refractivity contribution in [3.8, 4) is 0 Å². The molecule has 192 valence electrons. The first-order valence-electron chi connectivity index (χ1n) is 13.1. The number of hydrogen-bond acceptors (Lipinski definition) is 6. The normalized spacial score (nSPS) is 28.5. The summed E-state index contributed by atoms with van der Waals surface area (Å²) < 4.78 is 11.7. The predicted octanol–water partition coefficient (Wildman–Crippen LogP) is 3.27. The van der Waals surface area contributed by atoms with Gasteiger partial charge in [-0.25, -0.2) is 0 Å². The van der Waals surface area contributed by atoms with Crippen LogP contribution in [-0.2, 0) is 23.9 Å². The molecule has 5 atom stereocenters. The Labute approximate surface area is 210 Å². The molecule has 0 unspecified atom stereocenters. The molecule has 3 aliphatic rings. The van der Waals surface area contributed by atoms with Crippen LogP contribution in [0.2, 0.25) is 0 Å². The van der Waals surface area contributed by atoms with E-state index < -0.39 is 35.6 Å². The molecule has 0 radical (unpaired) electrons. The van der Waals surface area contributed by atoms with Crippen LogP contribution in [0.25, 0.3) is 10.8 Å². The molecule has 5 rings (SSSR count). The van der Waals surface area contributed by atoms with Gasteiger partial charge in [0.25, 0.3) is 0 Å². The summed E-state index contributed by atoms with van der Waals surface area (Å²) in [6.07, 6.45) is 3.89. The van der Waals surface area contributed by atoms with Gasteiger partial charge in [-0.1, -0.05) is 43.2 Å². The van der Waals surface area contributed by atoms with E-state index in [1.165, 1.54) is 0 Å². The Kier molecular flexibility index (Phi) is 6.99. The maximum absolute atomic E-state index is 13.8. The topological polar surface area (TPSA) is 105 Å². The van der Waals surface area contributed by atoms with E-state index in [1.807, 2.05) is 42.5 Å². The highest BCUT2D eigenvalue weighted by Gasteiger charge is 2.74. The Balaban J connectivity index is 1.43. The number of nitrogens with zero attached hydrogens (tertiary/aromatic N) is 1. The zero-order chi connectivity index (χ0) is 25.3. The Hall–Kier alpha value is -2.97. The number of likely N-dealkylation sites (tertiary alicyclic amines) is 1. The molecule has 2 N–H and O–H groups in total. The van der Waals surface area contributed by atoms with Gasteiger partial charge in [0, 0.05) is 18.8 Å². The lowest BCUT2D eigenvalue weighted by molar-refractivity contribution is -0.154. The van der Waals surface area contributed by atoms with Gasteiger partial charge in [-0.2, -0.15) is 0 Å². The van der Waals surface area contributed by atoms with Crippen molar-refractivity contribution in [2.24, 2.45) is 11.8 Å². The number of aliphatic hydroxyl groups excluding tert-OH is 1. The Morgan fingerprint density at radius 1 is 1.14 bits per heavy atom. The second kappa shape index (κ2) is 10.2. The standard InChI is InChI=1S/C28H34N2O6/c1-2-35-27(34)22-21-13-14-28(36-21)23(22)26(33)30(15-7-3-4-8-16-31)24(28)25(32)29-20-12-11-18-9-5-6-10-19(18)17-20/h5-6,9-12,17,21-24,31H,2-4,7-8,13-16H2,1H3,(H,29,32)/t21-,22+,23+,24-,28+/m0/s1. The maximum Gasteiger partial charge on any atom is 0.312 e. The van der Waals surface area contributed by atoms with Gasteiger partial charge in [0.1, 0.15) is 11.6 Å². The van der Waals surface area contributed by atoms with Gasteiger partial charge in [0.2, 0.25) is 11.8 Å². The van der Waals surface area contributed by atoms with E-state index in [0.29, 0.717) is 37.9 Å². The first kappa shape index (κ1) is 24.7. The summed E-state index contributed by atoms with van der Waals surface area (Å²) in [5.74, 6) is -2.29. The van der Waals surface area contributed by atoms with Crippen LogP contribution in [0.4, 0.5) is 5.69 Å².